The minimum absolute atomic E-state index is 0.131. The zero-order valence-electron chi connectivity index (χ0n) is 11.5. The SMILES string of the molecule is O=C(CCN1CC2CCC(O)C2C1)c1cccc(Cl)c1. The highest BCUT2D eigenvalue weighted by atomic mass is 35.5. The number of carbonyl (C=O) groups is 1. The Kier molecular flexibility index (Phi) is 4.11. The van der Waals surface area contributed by atoms with Crippen LogP contribution < -0.4 is 0 Å². The molecule has 1 aliphatic heterocycles. The van der Waals surface area contributed by atoms with Gasteiger partial charge in [0.1, 0.15) is 0 Å². The third kappa shape index (κ3) is 2.90. The van der Waals surface area contributed by atoms with Gasteiger partial charge in [-0.05, 0) is 30.9 Å². The molecule has 1 aromatic rings. The number of aliphatic hydroxyl groups is 1. The maximum Gasteiger partial charge on any atom is 0.164 e. The van der Waals surface area contributed by atoms with Crippen LogP contribution in [0.25, 0.3) is 0 Å². The summed E-state index contributed by atoms with van der Waals surface area (Å²) < 4.78 is 0. The van der Waals surface area contributed by atoms with E-state index >= 15 is 0 Å². The standard InChI is InChI=1S/C16H20ClNO2/c17-13-3-1-2-11(8-13)15(19)6-7-18-9-12-4-5-16(20)14(12)10-18/h1-3,8,12,14,16,20H,4-7,9-10H2. The first-order chi connectivity index (χ1) is 9.63. The highest BCUT2D eigenvalue weighted by Crippen LogP contribution is 2.38. The molecule has 1 heterocycles. The Labute approximate surface area is 124 Å². The van der Waals surface area contributed by atoms with Crippen molar-refractivity contribution in [2.24, 2.45) is 11.8 Å². The second kappa shape index (κ2) is 5.84. The van der Waals surface area contributed by atoms with Gasteiger partial charge in [-0.1, -0.05) is 23.7 Å². The Morgan fingerprint density at radius 2 is 2.20 bits per heavy atom. The van der Waals surface area contributed by atoms with Crippen LogP contribution in [0.2, 0.25) is 5.02 Å². The number of nitrogens with zero attached hydrogens (tertiary/aromatic N) is 1. The molecule has 0 aromatic heterocycles. The van der Waals surface area contributed by atoms with Crippen molar-refractivity contribution in [2.75, 3.05) is 19.6 Å². The lowest BCUT2D eigenvalue weighted by atomic mass is 10.00. The van der Waals surface area contributed by atoms with E-state index in [1.165, 1.54) is 0 Å². The minimum atomic E-state index is -0.131. The first kappa shape index (κ1) is 14.1. The molecule has 0 spiro atoms. The smallest absolute Gasteiger partial charge is 0.164 e. The van der Waals surface area contributed by atoms with E-state index in [1.54, 1.807) is 12.1 Å². The maximum atomic E-state index is 12.1. The number of hydrogen-bond acceptors (Lipinski definition) is 3. The fourth-order valence-corrected chi connectivity index (χ4v) is 3.77. The lowest BCUT2D eigenvalue weighted by Gasteiger charge is -2.17. The summed E-state index contributed by atoms with van der Waals surface area (Å²) in [6, 6.07) is 7.14. The van der Waals surface area contributed by atoms with E-state index < -0.39 is 0 Å². The molecule has 20 heavy (non-hydrogen) atoms. The number of fused-ring (bicyclic) bond motifs is 1. The van der Waals surface area contributed by atoms with Gasteiger partial charge in [-0.2, -0.15) is 0 Å². The van der Waals surface area contributed by atoms with Crippen molar-refractivity contribution < 1.29 is 9.90 Å². The van der Waals surface area contributed by atoms with Crippen LogP contribution in [0.5, 0.6) is 0 Å². The molecule has 3 nitrogen and oxygen atoms in total. The third-order valence-corrected chi connectivity index (χ3v) is 4.93. The Morgan fingerprint density at radius 1 is 1.35 bits per heavy atom. The lowest BCUT2D eigenvalue weighted by molar-refractivity contribution is 0.0961. The summed E-state index contributed by atoms with van der Waals surface area (Å²) >= 11 is 5.91. The molecule has 108 valence electrons. The summed E-state index contributed by atoms with van der Waals surface area (Å²) in [5, 5.41) is 10.5. The number of Topliss-reactive ketones (excluding diaryl/α,β-unsaturated/α-hetero) is 1. The molecule has 0 bridgehead atoms. The molecule has 1 aliphatic carbocycles. The number of aliphatic hydroxyl groups excluding tert-OH is 1. The van der Waals surface area contributed by atoms with Crippen LogP contribution in [0.4, 0.5) is 0 Å². The first-order valence-electron chi connectivity index (χ1n) is 7.32. The molecule has 3 unspecified atom stereocenters. The average Bonchev–Trinajstić information content (AvgIpc) is 2.98. The maximum absolute atomic E-state index is 12.1. The second-order valence-corrected chi connectivity index (χ2v) is 6.45. The van der Waals surface area contributed by atoms with Crippen molar-refractivity contribution in [3.8, 4) is 0 Å². The van der Waals surface area contributed by atoms with Gasteiger partial charge < -0.3 is 10.0 Å². The Bertz CT molecular complexity index is 505. The summed E-state index contributed by atoms with van der Waals surface area (Å²) in [5.74, 6) is 1.20. The van der Waals surface area contributed by atoms with E-state index in [9.17, 15) is 9.90 Å². The van der Waals surface area contributed by atoms with E-state index in [4.69, 9.17) is 11.6 Å². The van der Waals surface area contributed by atoms with Crippen LogP contribution >= 0.6 is 11.6 Å². The number of hydrogen-bond donors (Lipinski definition) is 1. The zero-order chi connectivity index (χ0) is 14.1. The Balaban J connectivity index is 1.52. The predicted octanol–water partition coefficient (Wildman–Crippen LogP) is 2.62. The van der Waals surface area contributed by atoms with E-state index in [-0.39, 0.29) is 11.9 Å². The minimum Gasteiger partial charge on any atom is -0.393 e. The number of rotatable bonds is 4. The van der Waals surface area contributed by atoms with Crippen molar-refractivity contribution in [1.29, 1.82) is 0 Å². The molecule has 0 amide bonds. The fourth-order valence-electron chi connectivity index (χ4n) is 3.58. The normalized spacial score (nSPS) is 29.6. The number of ketones is 1. The van der Waals surface area contributed by atoms with Crippen LogP contribution in [0.15, 0.2) is 24.3 Å². The van der Waals surface area contributed by atoms with E-state index in [2.05, 4.69) is 4.90 Å². The zero-order valence-corrected chi connectivity index (χ0v) is 12.2. The molecule has 3 rings (SSSR count). The summed E-state index contributed by atoms with van der Waals surface area (Å²) in [5.41, 5.74) is 0.692. The van der Waals surface area contributed by atoms with Crippen molar-refractivity contribution in [3.63, 3.8) is 0 Å². The number of benzene rings is 1. The fraction of sp³-hybridized carbons (Fsp3) is 0.562. The van der Waals surface area contributed by atoms with Crippen molar-refractivity contribution in [2.45, 2.75) is 25.4 Å². The van der Waals surface area contributed by atoms with Gasteiger partial charge in [-0.15, -0.1) is 0 Å². The van der Waals surface area contributed by atoms with E-state index in [0.717, 1.165) is 32.5 Å². The van der Waals surface area contributed by atoms with Crippen molar-refractivity contribution in [1.82, 2.24) is 4.90 Å². The Morgan fingerprint density at radius 3 is 2.95 bits per heavy atom. The number of carbonyl (C=O) groups excluding carboxylic acids is 1. The van der Waals surface area contributed by atoms with Gasteiger partial charge in [0, 0.05) is 42.6 Å². The van der Waals surface area contributed by atoms with Gasteiger partial charge in [0.05, 0.1) is 6.10 Å². The highest BCUT2D eigenvalue weighted by Gasteiger charge is 2.41. The summed E-state index contributed by atoms with van der Waals surface area (Å²) in [7, 11) is 0. The van der Waals surface area contributed by atoms with Crippen LogP contribution in [0.1, 0.15) is 29.6 Å². The predicted molar refractivity (Wildman–Crippen MR) is 79.1 cm³/mol. The molecule has 2 aliphatic rings. The van der Waals surface area contributed by atoms with Crippen molar-refractivity contribution >= 4 is 17.4 Å². The molecular weight excluding hydrogens is 274 g/mol. The molecule has 1 saturated carbocycles. The second-order valence-electron chi connectivity index (χ2n) is 6.01. The molecule has 0 radical (unpaired) electrons. The molecular formula is C16H20ClNO2. The van der Waals surface area contributed by atoms with Crippen LogP contribution in [0.3, 0.4) is 0 Å². The van der Waals surface area contributed by atoms with Crippen LogP contribution in [-0.4, -0.2) is 41.5 Å². The summed E-state index contributed by atoms with van der Waals surface area (Å²) in [6.07, 6.45) is 2.47. The summed E-state index contributed by atoms with van der Waals surface area (Å²) in [6.45, 7) is 2.75. The molecule has 1 N–H and O–H groups in total. The molecule has 1 saturated heterocycles. The topological polar surface area (TPSA) is 40.5 Å². The quantitative estimate of drug-likeness (QED) is 0.868. The Hall–Kier alpha value is -0.900. The number of likely N-dealkylation sites (tertiary alicyclic amines) is 1. The largest absolute Gasteiger partial charge is 0.393 e. The average molecular weight is 294 g/mol. The monoisotopic (exact) mass is 293 g/mol. The van der Waals surface area contributed by atoms with Gasteiger partial charge >= 0.3 is 0 Å². The lowest BCUT2D eigenvalue weighted by Crippen LogP contribution is -2.27. The molecule has 3 atom stereocenters. The van der Waals surface area contributed by atoms with Gasteiger partial charge in [0.25, 0.3) is 0 Å². The van der Waals surface area contributed by atoms with Gasteiger partial charge in [0.2, 0.25) is 0 Å². The van der Waals surface area contributed by atoms with E-state index in [0.29, 0.717) is 28.8 Å². The van der Waals surface area contributed by atoms with Gasteiger partial charge in [0.15, 0.2) is 5.78 Å². The molecule has 2 fully saturated rings. The van der Waals surface area contributed by atoms with E-state index in [1.807, 2.05) is 12.1 Å². The van der Waals surface area contributed by atoms with Crippen LogP contribution in [0, 0.1) is 11.8 Å². The van der Waals surface area contributed by atoms with Crippen molar-refractivity contribution in [3.05, 3.63) is 34.9 Å². The molecule has 1 aromatic carbocycles. The van der Waals surface area contributed by atoms with Crippen LogP contribution in [-0.2, 0) is 0 Å². The van der Waals surface area contributed by atoms with Gasteiger partial charge in [-0.25, -0.2) is 0 Å². The first-order valence-corrected chi connectivity index (χ1v) is 7.70. The number of halogens is 1. The molecule has 4 heteroatoms. The summed E-state index contributed by atoms with van der Waals surface area (Å²) in [4.78, 5) is 14.4. The third-order valence-electron chi connectivity index (χ3n) is 4.70. The highest BCUT2D eigenvalue weighted by molar-refractivity contribution is 6.31. The van der Waals surface area contributed by atoms with Gasteiger partial charge in [-0.3, -0.25) is 4.79 Å².